The van der Waals surface area contributed by atoms with Gasteiger partial charge in [0, 0.05) is 34.5 Å². The molecule has 2 aromatic rings. The summed E-state index contributed by atoms with van der Waals surface area (Å²) in [6, 6.07) is 12.1. The molecular weight excluding hydrogens is 384 g/mol. The van der Waals surface area contributed by atoms with Crippen molar-refractivity contribution in [2.45, 2.75) is 4.90 Å². The minimum Gasteiger partial charge on any atom is -0.478 e. The predicted octanol–water partition coefficient (Wildman–Crippen LogP) is 2.73. The monoisotopic (exact) mass is 400 g/mol. The van der Waals surface area contributed by atoms with Crippen molar-refractivity contribution in [3.05, 3.63) is 54.6 Å². The van der Waals surface area contributed by atoms with Crippen LogP contribution in [0.3, 0.4) is 0 Å². The summed E-state index contributed by atoms with van der Waals surface area (Å²) >= 11 is 1.34. The summed E-state index contributed by atoms with van der Waals surface area (Å²) in [4.78, 5) is 34.9. The van der Waals surface area contributed by atoms with Crippen LogP contribution in [0, 0.1) is 0 Å². The fourth-order valence-corrected chi connectivity index (χ4v) is 2.98. The van der Waals surface area contributed by atoms with E-state index < -0.39 is 11.9 Å². The van der Waals surface area contributed by atoms with Crippen LogP contribution in [0.25, 0.3) is 0 Å². The molecule has 8 nitrogen and oxygen atoms in total. The molecule has 2 amide bonds. The minimum absolute atomic E-state index is 0.167. The topological polar surface area (TPSA) is 114 Å². The van der Waals surface area contributed by atoms with Crippen LogP contribution < -0.4 is 20.1 Å². The SMILES string of the molecule is O=C(O)/C=C/C(=O)Nc1ccc(SCC(=O)Nc2ccc3c(c2)OCO3)cc1. The van der Waals surface area contributed by atoms with Crippen LogP contribution in [-0.4, -0.2) is 35.4 Å². The Morgan fingerprint density at radius 2 is 1.68 bits per heavy atom. The Hall–Kier alpha value is -3.46. The third-order valence-corrected chi connectivity index (χ3v) is 4.54. The number of carboxylic acids is 1. The maximum Gasteiger partial charge on any atom is 0.328 e. The van der Waals surface area contributed by atoms with Gasteiger partial charge in [-0.25, -0.2) is 4.79 Å². The van der Waals surface area contributed by atoms with E-state index in [9.17, 15) is 14.4 Å². The maximum atomic E-state index is 12.1. The highest BCUT2D eigenvalue weighted by atomic mass is 32.2. The Labute approximate surface area is 164 Å². The van der Waals surface area contributed by atoms with Crippen LogP contribution in [0.2, 0.25) is 0 Å². The average molecular weight is 400 g/mol. The predicted molar refractivity (Wildman–Crippen MR) is 104 cm³/mol. The molecule has 1 heterocycles. The van der Waals surface area contributed by atoms with E-state index in [1.54, 1.807) is 42.5 Å². The number of anilines is 2. The molecule has 0 fully saturated rings. The zero-order valence-electron chi connectivity index (χ0n) is 14.5. The molecule has 3 N–H and O–H groups in total. The Bertz CT molecular complexity index is 927. The van der Waals surface area contributed by atoms with E-state index in [2.05, 4.69) is 10.6 Å². The summed E-state index contributed by atoms with van der Waals surface area (Å²) in [7, 11) is 0. The number of carboxylic acid groups (broad SMARTS) is 1. The van der Waals surface area contributed by atoms with Crippen LogP contribution in [-0.2, 0) is 14.4 Å². The van der Waals surface area contributed by atoms with Crippen molar-refractivity contribution < 1.29 is 29.0 Å². The number of rotatable bonds is 7. The number of fused-ring (bicyclic) bond motifs is 1. The Balaban J connectivity index is 1.47. The van der Waals surface area contributed by atoms with Crippen molar-refractivity contribution in [2.75, 3.05) is 23.2 Å². The molecule has 3 rings (SSSR count). The Kier molecular flexibility index (Phi) is 6.18. The fourth-order valence-electron chi connectivity index (χ4n) is 2.29. The van der Waals surface area contributed by atoms with E-state index in [0.29, 0.717) is 22.9 Å². The van der Waals surface area contributed by atoms with E-state index in [1.165, 1.54) is 11.8 Å². The van der Waals surface area contributed by atoms with Gasteiger partial charge in [0.15, 0.2) is 11.5 Å². The number of ether oxygens (including phenoxy) is 2. The molecule has 1 aliphatic rings. The molecule has 0 saturated heterocycles. The van der Waals surface area contributed by atoms with Crippen LogP contribution in [0.15, 0.2) is 59.5 Å². The smallest absolute Gasteiger partial charge is 0.328 e. The molecule has 0 aromatic heterocycles. The van der Waals surface area contributed by atoms with Gasteiger partial charge in [-0.15, -0.1) is 11.8 Å². The lowest BCUT2D eigenvalue weighted by molar-refractivity contribution is -0.131. The third kappa shape index (κ3) is 5.52. The molecule has 0 bridgehead atoms. The number of amides is 2. The van der Waals surface area contributed by atoms with E-state index in [1.807, 2.05) is 0 Å². The second kappa shape index (κ2) is 8.96. The van der Waals surface area contributed by atoms with Gasteiger partial charge in [-0.1, -0.05) is 0 Å². The molecule has 0 atom stereocenters. The van der Waals surface area contributed by atoms with Crippen LogP contribution in [0.5, 0.6) is 11.5 Å². The highest BCUT2D eigenvalue weighted by Gasteiger charge is 2.14. The van der Waals surface area contributed by atoms with Crippen molar-refractivity contribution in [1.82, 2.24) is 0 Å². The Morgan fingerprint density at radius 3 is 2.43 bits per heavy atom. The zero-order valence-corrected chi connectivity index (χ0v) is 15.3. The number of thioether (sulfide) groups is 1. The van der Waals surface area contributed by atoms with Gasteiger partial charge in [0.1, 0.15) is 0 Å². The lowest BCUT2D eigenvalue weighted by Gasteiger charge is -2.07. The summed E-state index contributed by atoms with van der Waals surface area (Å²) in [5.41, 5.74) is 1.15. The van der Waals surface area contributed by atoms with Gasteiger partial charge >= 0.3 is 5.97 Å². The van der Waals surface area contributed by atoms with Gasteiger partial charge in [0.2, 0.25) is 18.6 Å². The molecule has 2 aromatic carbocycles. The maximum absolute atomic E-state index is 12.1. The first-order valence-electron chi connectivity index (χ1n) is 8.14. The van der Waals surface area contributed by atoms with Crippen LogP contribution >= 0.6 is 11.8 Å². The van der Waals surface area contributed by atoms with Crippen molar-refractivity contribution in [2.24, 2.45) is 0 Å². The molecule has 144 valence electrons. The van der Waals surface area contributed by atoms with Gasteiger partial charge in [-0.3, -0.25) is 9.59 Å². The second-order valence-corrected chi connectivity index (χ2v) is 6.64. The summed E-state index contributed by atoms with van der Waals surface area (Å²) < 4.78 is 10.5. The second-order valence-electron chi connectivity index (χ2n) is 5.59. The van der Waals surface area contributed by atoms with Gasteiger partial charge in [-0.05, 0) is 36.4 Å². The molecule has 0 aliphatic carbocycles. The zero-order chi connectivity index (χ0) is 19.9. The van der Waals surface area contributed by atoms with Gasteiger partial charge in [0.05, 0.1) is 5.75 Å². The van der Waals surface area contributed by atoms with E-state index >= 15 is 0 Å². The van der Waals surface area contributed by atoms with Crippen molar-refractivity contribution in [3.8, 4) is 11.5 Å². The molecule has 0 spiro atoms. The Morgan fingerprint density at radius 1 is 0.964 bits per heavy atom. The summed E-state index contributed by atoms with van der Waals surface area (Å²) in [5.74, 6) is -0.437. The van der Waals surface area contributed by atoms with E-state index in [4.69, 9.17) is 14.6 Å². The lowest BCUT2D eigenvalue weighted by atomic mass is 10.3. The highest BCUT2D eigenvalue weighted by molar-refractivity contribution is 8.00. The van der Waals surface area contributed by atoms with Crippen LogP contribution in [0.4, 0.5) is 11.4 Å². The molecule has 0 radical (unpaired) electrons. The molecule has 28 heavy (non-hydrogen) atoms. The summed E-state index contributed by atoms with van der Waals surface area (Å²) in [5, 5.41) is 13.8. The first-order chi connectivity index (χ1) is 13.5. The number of benzene rings is 2. The summed E-state index contributed by atoms with van der Waals surface area (Å²) in [6.07, 6.45) is 1.70. The number of carbonyl (C=O) groups excluding carboxylic acids is 2. The quantitative estimate of drug-likeness (QED) is 0.484. The minimum atomic E-state index is -1.19. The van der Waals surface area contributed by atoms with Crippen molar-refractivity contribution in [3.63, 3.8) is 0 Å². The van der Waals surface area contributed by atoms with Crippen LogP contribution in [0.1, 0.15) is 0 Å². The fraction of sp³-hybridized carbons (Fsp3) is 0.105. The standard InChI is InChI=1S/C19H16N2O6S/c22-17(7-8-19(24)25)20-12-1-4-14(5-2-12)28-10-18(23)21-13-3-6-15-16(9-13)27-11-26-15/h1-9H,10-11H2,(H,20,22)(H,21,23)(H,24,25)/b8-7+. The highest BCUT2D eigenvalue weighted by Crippen LogP contribution is 2.34. The number of hydrogen-bond acceptors (Lipinski definition) is 6. The molecule has 9 heteroatoms. The molecular formula is C19H16N2O6S. The molecule has 0 unspecified atom stereocenters. The number of carbonyl (C=O) groups is 3. The molecule has 0 saturated carbocycles. The average Bonchev–Trinajstić information content (AvgIpc) is 3.14. The number of nitrogens with one attached hydrogen (secondary N) is 2. The van der Waals surface area contributed by atoms with Crippen molar-refractivity contribution >= 4 is 40.9 Å². The van der Waals surface area contributed by atoms with Gasteiger partial charge in [-0.2, -0.15) is 0 Å². The van der Waals surface area contributed by atoms with E-state index in [-0.39, 0.29) is 18.5 Å². The number of aliphatic carboxylic acids is 1. The normalized spacial score (nSPS) is 12.0. The lowest BCUT2D eigenvalue weighted by Crippen LogP contribution is -2.13. The first kappa shape index (κ1) is 19.3. The molecule has 1 aliphatic heterocycles. The van der Waals surface area contributed by atoms with Crippen molar-refractivity contribution in [1.29, 1.82) is 0 Å². The third-order valence-electron chi connectivity index (χ3n) is 3.53. The number of hydrogen-bond donors (Lipinski definition) is 3. The van der Waals surface area contributed by atoms with Gasteiger partial charge < -0.3 is 25.2 Å². The summed E-state index contributed by atoms with van der Waals surface area (Å²) in [6.45, 7) is 0.175. The first-order valence-corrected chi connectivity index (χ1v) is 9.12. The van der Waals surface area contributed by atoms with Gasteiger partial charge in [0.25, 0.3) is 0 Å². The van der Waals surface area contributed by atoms with E-state index in [0.717, 1.165) is 17.0 Å². The largest absolute Gasteiger partial charge is 0.478 e.